The summed E-state index contributed by atoms with van der Waals surface area (Å²) in [5, 5.41) is 15.2. The third-order valence-corrected chi connectivity index (χ3v) is 6.95. The molecule has 5 rings (SSSR count). The molecule has 0 aliphatic heterocycles. The highest BCUT2D eigenvalue weighted by Crippen LogP contribution is 2.31. The number of aromatic amines is 2. The van der Waals surface area contributed by atoms with Crippen molar-refractivity contribution in [2.24, 2.45) is 0 Å². The highest BCUT2D eigenvalue weighted by Gasteiger charge is 2.18. The van der Waals surface area contributed by atoms with Crippen LogP contribution in [0, 0.1) is 0 Å². The smallest absolute Gasteiger partial charge is 0.338 e. The zero-order valence-electron chi connectivity index (χ0n) is 23.9. The maximum Gasteiger partial charge on any atom is 0.338 e. The Hall–Kier alpha value is -4.98. The van der Waals surface area contributed by atoms with Gasteiger partial charge in [-0.2, -0.15) is 10.2 Å². The number of nitrogens with one attached hydrogen (secondary N) is 2. The van der Waals surface area contributed by atoms with Gasteiger partial charge in [-0.25, -0.2) is 9.59 Å². The Morgan fingerprint density at radius 1 is 0.619 bits per heavy atom. The van der Waals surface area contributed by atoms with Crippen LogP contribution in [0.3, 0.4) is 0 Å². The number of rotatable bonds is 12. The van der Waals surface area contributed by atoms with Gasteiger partial charge in [0.1, 0.15) is 0 Å². The first-order valence-electron chi connectivity index (χ1n) is 14.3. The molecule has 2 heterocycles. The minimum absolute atomic E-state index is 0.345. The lowest BCUT2D eigenvalue weighted by molar-refractivity contribution is 0.0491. The Morgan fingerprint density at radius 2 is 1.07 bits per heavy atom. The molecule has 0 aliphatic rings. The quantitative estimate of drug-likeness (QED) is 0.119. The average molecular weight is 563 g/mol. The summed E-state index contributed by atoms with van der Waals surface area (Å²) in [6.07, 6.45) is 3.57. The highest BCUT2D eigenvalue weighted by molar-refractivity contribution is 5.98. The summed E-state index contributed by atoms with van der Waals surface area (Å²) in [6.45, 7) is 4.91. The Bertz CT molecular complexity index is 1550. The van der Waals surface area contributed by atoms with Crippen LogP contribution in [0.1, 0.15) is 60.2 Å². The molecule has 3 aromatic carbocycles. The fraction of sp³-hybridized carbons (Fsp3) is 0.235. The molecule has 0 fully saturated rings. The molecular weight excluding hydrogens is 528 g/mol. The van der Waals surface area contributed by atoms with Crippen LogP contribution in [0.4, 0.5) is 0 Å². The largest absolute Gasteiger partial charge is 0.462 e. The van der Waals surface area contributed by atoms with Crippen LogP contribution in [0.5, 0.6) is 0 Å². The van der Waals surface area contributed by atoms with E-state index in [9.17, 15) is 9.59 Å². The van der Waals surface area contributed by atoms with Crippen molar-refractivity contribution < 1.29 is 19.1 Å². The minimum Gasteiger partial charge on any atom is -0.462 e. The molecule has 2 aromatic heterocycles. The molecular formula is C34H34N4O4. The van der Waals surface area contributed by atoms with Gasteiger partial charge in [0.05, 0.1) is 47.1 Å². The van der Waals surface area contributed by atoms with E-state index >= 15 is 0 Å². The van der Waals surface area contributed by atoms with E-state index in [1.54, 1.807) is 12.1 Å². The fourth-order valence-electron chi connectivity index (χ4n) is 4.62. The van der Waals surface area contributed by atoms with Crippen LogP contribution in [-0.4, -0.2) is 45.5 Å². The SMILES string of the molecule is CCCCOC(=O)c1ccccc1-c1cc(-c2cccc(-c3cc(-c4ccccc4C(=O)OCCCC)[nH]n3)c2)n[nH]1. The van der Waals surface area contributed by atoms with Gasteiger partial charge in [0.25, 0.3) is 0 Å². The number of carbonyl (C=O) groups excluding carboxylic acids is 2. The fourth-order valence-corrected chi connectivity index (χ4v) is 4.62. The molecule has 0 radical (unpaired) electrons. The summed E-state index contributed by atoms with van der Waals surface area (Å²) in [5.74, 6) is -0.690. The number of esters is 2. The van der Waals surface area contributed by atoms with E-state index in [-0.39, 0.29) is 11.9 Å². The van der Waals surface area contributed by atoms with E-state index < -0.39 is 0 Å². The normalized spacial score (nSPS) is 10.9. The van der Waals surface area contributed by atoms with E-state index in [1.165, 1.54) is 0 Å². The van der Waals surface area contributed by atoms with Crippen LogP contribution < -0.4 is 0 Å². The molecule has 0 saturated heterocycles. The standard InChI is InChI=1S/C34H34N4O4/c1-3-5-18-41-33(39)27-16-9-7-14-25(27)31-21-29(35-37-31)23-12-11-13-24(20-23)30-22-32(38-36-30)26-15-8-10-17-28(26)34(40)42-19-6-4-2/h7-17,20-22H,3-6,18-19H2,1-2H3,(H,35,37)(H,36,38). The number of carbonyl (C=O) groups is 2. The molecule has 5 aromatic rings. The van der Waals surface area contributed by atoms with Crippen LogP contribution in [0.15, 0.2) is 84.9 Å². The maximum atomic E-state index is 12.7. The average Bonchev–Trinajstić information content (AvgIpc) is 3.72. The highest BCUT2D eigenvalue weighted by atomic mass is 16.5. The Kier molecular flexibility index (Phi) is 9.23. The zero-order valence-corrected chi connectivity index (χ0v) is 23.9. The lowest BCUT2D eigenvalue weighted by Crippen LogP contribution is -2.07. The topological polar surface area (TPSA) is 110 Å². The first kappa shape index (κ1) is 28.5. The second kappa shape index (κ2) is 13.6. The minimum atomic E-state index is -0.345. The van der Waals surface area contributed by atoms with Crippen molar-refractivity contribution in [3.05, 3.63) is 96.1 Å². The number of unbranched alkanes of at least 4 members (excludes halogenated alkanes) is 2. The van der Waals surface area contributed by atoms with Crippen molar-refractivity contribution >= 4 is 11.9 Å². The van der Waals surface area contributed by atoms with Gasteiger partial charge in [-0.1, -0.05) is 81.3 Å². The summed E-state index contributed by atoms with van der Waals surface area (Å²) in [4.78, 5) is 25.4. The van der Waals surface area contributed by atoms with Crippen LogP contribution in [-0.2, 0) is 9.47 Å². The number of aromatic nitrogens is 4. The third-order valence-electron chi connectivity index (χ3n) is 6.95. The number of hydrogen-bond donors (Lipinski definition) is 2. The van der Waals surface area contributed by atoms with Crippen molar-refractivity contribution in [3.63, 3.8) is 0 Å². The molecule has 0 spiro atoms. The number of ether oxygens (including phenoxy) is 2. The monoisotopic (exact) mass is 562 g/mol. The van der Waals surface area contributed by atoms with Gasteiger partial charge in [-0.05, 0) is 43.2 Å². The molecule has 214 valence electrons. The third kappa shape index (κ3) is 6.49. The van der Waals surface area contributed by atoms with Crippen molar-refractivity contribution in [1.29, 1.82) is 0 Å². The second-order valence-corrected chi connectivity index (χ2v) is 9.98. The molecule has 0 atom stereocenters. The maximum absolute atomic E-state index is 12.7. The predicted octanol–water partition coefficient (Wildman–Crippen LogP) is 7.71. The number of hydrogen-bond acceptors (Lipinski definition) is 6. The lowest BCUT2D eigenvalue weighted by Gasteiger charge is -2.08. The molecule has 8 heteroatoms. The van der Waals surface area contributed by atoms with E-state index in [1.807, 2.05) is 72.8 Å². The summed E-state index contributed by atoms with van der Waals surface area (Å²) in [7, 11) is 0. The van der Waals surface area contributed by atoms with Gasteiger partial charge in [0, 0.05) is 22.3 Å². The summed E-state index contributed by atoms with van der Waals surface area (Å²) in [5.41, 5.74) is 7.16. The van der Waals surface area contributed by atoms with Gasteiger partial charge in [0.2, 0.25) is 0 Å². The number of nitrogens with zero attached hydrogens (tertiary/aromatic N) is 2. The van der Waals surface area contributed by atoms with Gasteiger partial charge >= 0.3 is 11.9 Å². The Balaban J connectivity index is 1.38. The first-order valence-corrected chi connectivity index (χ1v) is 14.3. The van der Waals surface area contributed by atoms with E-state index in [0.29, 0.717) is 24.3 Å². The zero-order chi connectivity index (χ0) is 29.3. The van der Waals surface area contributed by atoms with Gasteiger partial charge in [-0.15, -0.1) is 0 Å². The molecule has 8 nitrogen and oxygen atoms in total. The van der Waals surface area contributed by atoms with E-state index in [4.69, 9.17) is 9.47 Å². The summed E-state index contributed by atoms with van der Waals surface area (Å²) in [6, 6.07) is 26.5. The van der Waals surface area contributed by atoms with Gasteiger partial charge in [-0.3, -0.25) is 10.2 Å². The molecule has 0 amide bonds. The van der Waals surface area contributed by atoms with Gasteiger partial charge in [0.15, 0.2) is 0 Å². The van der Waals surface area contributed by atoms with Crippen molar-refractivity contribution in [3.8, 4) is 45.0 Å². The molecule has 0 aliphatic carbocycles. The molecule has 0 unspecified atom stereocenters. The number of benzene rings is 3. The second-order valence-electron chi connectivity index (χ2n) is 9.98. The molecule has 42 heavy (non-hydrogen) atoms. The Morgan fingerprint density at radius 3 is 1.52 bits per heavy atom. The number of H-pyrrole nitrogens is 2. The van der Waals surface area contributed by atoms with Crippen molar-refractivity contribution in [1.82, 2.24) is 20.4 Å². The predicted molar refractivity (Wildman–Crippen MR) is 163 cm³/mol. The van der Waals surface area contributed by atoms with Crippen molar-refractivity contribution in [2.45, 2.75) is 39.5 Å². The molecule has 2 N–H and O–H groups in total. The van der Waals surface area contributed by atoms with E-state index in [0.717, 1.165) is 70.7 Å². The van der Waals surface area contributed by atoms with Crippen LogP contribution in [0.2, 0.25) is 0 Å². The summed E-state index contributed by atoms with van der Waals surface area (Å²) < 4.78 is 10.9. The lowest BCUT2D eigenvalue weighted by atomic mass is 10.0. The van der Waals surface area contributed by atoms with Crippen LogP contribution >= 0.6 is 0 Å². The molecule has 0 bridgehead atoms. The Labute approximate surface area is 245 Å². The summed E-state index contributed by atoms with van der Waals surface area (Å²) >= 11 is 0. The first-order chi connectivity index (χ1) is 20.6. The van der Waals surface area contributed by atoms with Gasteiger partial charge < -0.3 is 9.47 Å². The molecule has 0 saturated carbocycles. The van der Waals surface area contributed by atoms with Crippen molar-refractivity contribution in [2.75, 3.05) is 13.2 Å². The van der Waals surface area contributed by atoms with Crippen LogP contribution in [0.25, 0.3) is 45.0 Å². The van der Waals surface area contributed by atoms with E-state index in [2.05, 4.69) is 34.2 Å².